The lowest BCUT2D eigenvalue weighted by Gasteiger charge is -2.32. The maximum atomic E-state index is 11.8. The van der Waals surface area contributed by atoms with Crippen molar-refractivity contribution in [1.29, 1.82) is 0 Å². The average Bonchev–Trinajstić information content (AvgIpc) is 2.03. The van der Waals surface area contributed by atoms with Crippen LogP contribution in [0.4, 0.5) is 0 Å². The van der Waals surface area contributed by atoms with Gasteiger partial charge in [0.15, 0.2) is 0 Å². The summed E-state index contributed by atoms with van der Waals surface area (Å²) in [5.74, 6) is 0.0929. The molecule has 0 bridgehead atoms. The zero-order valence-electron chi connectivity index (χ0n) is 10.1. The third-order valence-corrected chi connectivity index (χ3v) is 2.57. The first kappa shape index (κ1) is 13.4. The van der Waals surface area contributed by atoms with Gasteiger partial charge < -0.3 is 11.1 Å². The third kappa shape index (κ3) is 4.09. The summed E-state index contributed by atoms with van der Waals surface area (Å²) in [6.07, 6.45) is 1.73. The largest absolute Gasteiger partial charge is 0.350 e. The van der Waals surface area contributed by atoms with Gasteiger partial charge in [-0.2, -0.15) is 0 Å². The minimum Gasteiger partial charge on any atom is -0.350 e. The van der Waals surface area contributed by atoms with Crippen LogP contribution in [0.25, 0.3) is 0 Å². The molecule has 14 heavy (non-hydrogen) atoms. The molecule has 0 aliphatic rings. The van der Waals surface area contributed by atoms with Gasteiger partial charge in [-0.1, -0.05) is 27.7 Å². The van der Waals surface area contributed by atoms with E-state index < -0.39 is 0 Å². The van der Waals surface area contributed by atoms with E-state index in [0.29, 0.717) is 6.54 Å². The normalized spacial score (nSPS) is 16.1. The summed E-state index contributed by atoms with van der Waals surface area (Å²) in [5, 5.41) is 3.06. The molecule has 1 unspecified atom stereocenters. The molecule has 0 spiro atoms. The van der Waals surface area contributed by atoms with Crippen LogP contribution < -0.4 is 11.1 Å². The van der Waals surface area contributed by atoms with E-state index in [-0.39, 0.29) is 16.9 Å². The Labute approximate surface area is 87.4 Å². The molecule has 0 radical (unpaired) electrons. The van der Waals surface area contributed by atoms with Gasteiger partial charge >= 0.3 is 0 Å². The van der Waals surface area contributed by atoms with Crippen LogP contribution in [0.15, 0.2) is 0 Å². The Bertz CT molecular complexity index is 196. The van der Waals surface area contributed by atoms with Gasteiger partial charge in [-0.3, -0.25) is 4.79 Å². The standard InChI is InChI=1S/C11H24N2O/c1-6-11(5,7-8-12)13-9(14)10(2,3)4/h6-8,12H2,1-5H3,(H,13,14). The zero-order chi connectivity index (χ0) is 11.4. The second-order valence-corrected chi connectivity index (χ2v) is 5.16. The highest BCUT2D eigenvalue weighted by Crippen LogP contribution is 2.19. The molecule has 3 nitrogen and oxygen atoms in total. The highest BCUT2D eigenvalue weighted by Gasteiger charge is 2.29. The Morgan fingerprint density at radius 1 is 1.29 bits per heavy atom. The molecule has 0 aromatic rings. The molecule has 3 heteroatoms. The maximum absolute atomic E-state index is 11.8. The maximum Gasteiger partial charge on any atom is 0.225 e. The minimum atomic E-state index is -0.328. The molecule has 0 aliphatic heterocycles. The Morgan fingerprint density at radius 2 is 1.79 bits per heavy atom. The van der Waals surface area contributed by atoms with Crippen LogP contribution in [0.1, 0.15) is 47.5 Å². The molecular formula is C11H24N2O. The molecule has 1 atom stereocenters. The fourth-order valence-corrected chi connectivity index (χ4v) is 1.11. The zero-order valence-corrected chi connectivity index (χ0v) is 10.1. The fourth-order valence-electron chi connectivity index (χ4n) is 1.11. The molecule has 0 saturated heterocycles. The van der Waals surface area contributed by atoms with Crippen molar-refractivity contribution in [2.75, 3.05) is 6.54 Å². The van der Waals surface area contributed by atoms with Crippen LogP contribution in [0.5, 0.6) is 0 Å². The molecule has 0 heterocycles. The van der Waals surface area contributed by atoms with Gasteiger partial charge in [0.2, 0.25) is 5.91 Å². The van der Waals surface area contributed by atoms with Gasteiger partial charge in [-0.15, -0.1) is 0 Å². The molecule has 3 N–H and O–H groups in total. The van der Waals surface area contributed by atoms with Crippen LogP contribution in [-0.2, 0) is 4.79 Å². The van der Waals surface area contributed by atoms with Crippen molar-refractivity contribution in [2.45, 2.75) is 53.0 Å². The van der Waals surface area contributed by atoms with Crippen molar-refractivity contribution in [2.24, 2.45) is 11.1 Å². The minimum absolute atomic E-state index is 0.0929. The molecule has 0 aromatic heterocycles. The number of nitrogens with one attached hydrogen (secondary N) is 1. The van der Waals surface area contributed by atoms with E-state index in [4.69, 9.17) is 5.73 Å². The Balaban J connectivity index is 4.39. The number of hydrogen-bond donors (Lipinski definition) is 2. The van der Waals surface area contributed by atoms with Crippen LogP contribution in [0, 0.1) is 5.41 Å². The lowest BCUT2D eigenvalue weighted by molar-refractivity contribution is -0.130. The summed E-state index contributed by atoms with van der Waals surface area (Å²) in [4.78, 5) is 11.8. The quantitative estimate of drug-likeness (QED) is 0.725. The van der Waals surface area contributed by atoms with Crippen LogP contribution in [0.2, 0.25) is 0 Å². The van der Waals surface area contributed by atoms with Crippen molar-refractivity contribution in [1.82, 2.24) is 5.32 Å². The second kappa shape index (κ2) is 4.78. The monoisotopic (exact) mass is 200 g/mol. The Morgan fingerprint density at radius 3 is 2.07 bits per heavy atom. The summed E-state index contributed by atoms with van der Waals surface area (Å²) in [6.45, 7) is 10.5. The molecule has 0 aromatic carbocycles. The molecule has 0 rings (SSSR count). The van der Waals surface area contributed by atoms with Gasteiger partial charge in [0.1, 0.15) is 0 Å². The Kier molecular flexibility index (Phi) is 4.59. The van der Waals surface area contributed by atoms with Crippen LogP contribution >= 0.6 is 0 Å². The first-order valence-electron chi connectivity index (χ1n) is 5.28. The SMILES string of the molecule is CCC(C)(CCN)NC(=O)C(C)(C)C. The van der Waals surface area contributed by atoms with E-state index >= 15 is 0 Å². The van der Waals surface area contributed by atoms with E-state index in [2.05, 4.69) is 12.2 Å². The van der Waals surface area contributed by atoms with Crippen molar-refractivity contribution >= 4 is 5.91 Å². The van der Waals surface area contributed by atoms with Gasteiger partial charge in [-0.05, 0) is 26.3 Å². The number of rotatable bonds is 4. The fraction of sp³-hybridized carbons (Fsp3) is 0.909. The first-order chi connectivity index (χ1) is 6.25. The molecule has 84 valence electrons. The number of amides is 1. The van der Waals surface area contributed by atoms with E-state index in [9.17, 15) is 4.79 Å². The van der Waals surface area contributed by atoms with Gasteiger partial charge in [0.25, 0.3) is 0 Å². The second-order valence-electron chi connectivity index (χ2n) is 5.16. The van der Waals surface area contributed by atoms with Crippen molar-refractivity contribution in [3.05, 3.63) is 0 Å². The lowest BCUT2D eigenvalue weighted by Crippen LogP contribution is -2.50. The van der Waals surface area contributed by atoms with E-state index in [0.717, 1.165) is 12.8 Å². The number of carbonyl (C=O) groups excluding carboxylic acids is 1. The van der Waals surface area contributed by atoms with E-state index in [1.807, 2.05) is 27.7 Å². The molecule has 0 aliphatic carbocycles. The van der Waals surface area contributed by atoms with Crippen molar-refractivity contribution < 1.29 is 4.79 Å². The van der Waals surface area contributed by atoms with Crippen LogP contribution in [-0.4, -0.2) is 18.0 Å². The molecular weight excluding hydrogens is 176 g/mol. The highest BCUT2D eigenvalue weighted by molar-refractivity contribution is 5.82. The van der Waals surface area contributed by atoms with E-state index in [1.54, 1.807) is 0 Å². The highest BCUT2D eigenvalue weighted by atomic mass is 16.2. The van der Waals surface area contributed by atoms with Gasteiger partial charge in [0, 0.05) is 11.0 Å². The first-order valence-corrected chi connectivity index (χ1v) is 5.28. The summed E-state index contributed by atoms with van der Waals surface area (Å²) in [5.41, 5.74) is 5.04. The van der Waals surface area contributed by atoms with Gasteiger partial charge in [-0.25, -0.2) is 0 Å². The van der Waals surface area contributed by atoms with Crippen molar-refractivity contribution in [3.63, 3.8) is 0 Å². The summed E-state index contributed by atoms with van der Waals surface area (Å²) >= 11 is 0. The molecule has 1 amide bonds. The number of hydrogen-bond acceptors (Lipinski definition) is 2. The topological polar surface area (TPSA) is 55.1 Å². The predicted molar refractivity (Wildman–Crippen MR) is 60.0 cm³/mol. The number of nitrogens with two attached hydrogens (primary N) is 1. The summed E-state index contributed by atoms with van der Waals surface area (Å²) < 4.78 is 0. The van der Waals surface area contributed by atoms with E-state index in [1.165, 1.54) is 0 Å². The van der Waals surface area contributed by atoms with Crippen molar-refractivity contribution in [3.8, 4) is 0 Å². The van der Waals surface area contributed by atoms with Gasteiger partial charge in [0.05, 0.1) is 0 Å². The predicted octanol–water partition coefficient (Wildman–Crippen LogP) is 1.67. The van der Waals surface area contributed by atoms with Crippen LogP contribution in [0.3, 0.4) is 0 Å². The summed E-state index contributed by atoms with van der Waals surface area (Å²) in [6, 6.07) is 0. The molecule has 0 saturated carbocycles. The molecule has 0 fully saturated rings. The lowest BCUT2D eigenvalue weighted by atomic mass is 9.90. The summed E-state index contributed by atoms with van der Waals surface area (Å²) in [7, 11) is 0. The average molecular weight is 200 g/mol. The number of carbonyl (C=O) groups is 1. The Hall–Kier alpha value is -0.570. The smallest absolute Gasteiger partial charge is 0.225 e. The third-order valence-electron chi connectivity index (χ3n) is 2.57.